The Hall–Kier alpha value is -3.46. The lowest BCUT2D eigenvalue weighted by Gasteiger charge is -2.09. The summed E-state index contributed by atoms with van der Waals surface area (Å²) in [5, 5.41) is 15.4. The van der Waals surface area contributed by atoms with Crippen LogP contribution in [-0.4, -0.2) is 23.0 Å². The van der Waals surface area contributed by atoms with Crippen LogP contribution in [0.3, 0.4) is 0 Å². The molecule has 0 heterocycles. The molecule has 3 rings (SSSR count). The quantitative estimate of drug-likeness (QED) is 0.160. The molecule has 0 aromatic heterocycles. The van der Waals surface area contributed by atoms with Gasteiger partial charge in [0.1, 0.15) is 5.75 Å². The summed E-state index contributed by atoms with van der Waals surface area (Å²) in [6.45, 7) is 0. The zero-order valence-electron chi connectivity index (χ0n) is 15.9. The highest BCUT2D eigenvalue weighted by Gasteiger charge is 2.15. The number of ether oxygens (including phenoxy) is 1. The van der Waals surface area contributed by atoms with Crippen LogP contribution in [-0.2, 0) is 0 Å². The molecule has 0 saturated heterocycles. The van der Waals surface area contributed by atoms with Gasteiger partial charge in [-0.25, -0.2) is 10.2 Å². The molecule has 0 spiro atoms. The SMILES string of the molecule is O=C(N/N=C/c1cc(Cl)ccc1OC(=O)c1ccc(Cl)cc1Cl)c1ccc([N+](=O)[O-])cc1. The first-order chi connectivity index (χ1) is 15.2. The summed E-state index contributed by atoms with van der Waals surface area (Å²) in [5.41, 5.74) is 2.73. The minimum absolute atomic E-state index is 0.111. The normalized spacial score (nSPS) is 10.7. The molecule has 0 radical (unpaired) electrons. The Balaban J connectivity index is 1.74. The Morgan fingerprint density at radius 2 is 1.62 bits per heavy atom. The maximum absolute atomic E-state index is 12.5. The van der Waals surface area contributed by atoms with Gasteiger partial charge in [0.25, 0.3) is 11.6 Å². The molecule has 0 saturated carbocycles. The summed E-state index contributed by atoms with van der Waals surface area (Å²) in [6, 6.07) is 13.8. The molecule has 32 heavy (non-hydrogen) atoms. The van der Waals surface area contributed by atoms with Crippen LogP contribution >= 0.6 is 34.8 Å². The lowest BCUT2D eigenvalue weighted by Crippen LogP contribution is -2.17. The number of benzene rings is 3. The van der Waals surface area contributed by atoms with Crippen LogP contribution < -0.4 is 10.2 Å². The zero-order chi connectivity index (χ0) is 23.3. The van der Waals surface area contributed by atoms with Crippen molar-refractivity contribution < 1.29 is 19.2 Å². The highest BCUT2D eigenvalue weighted by atomic mass is 35.5. The van der Waals surface area contributed by atoms with E-state index in [-0.39, 0.29) is 27.6 Å². The lowest BCUT2D eigenvalue weighted by atomic mass is 10.2. The fraction of sp³-hybridized carbons (Fsp3) is 0. The average Bonchev–Trinajstić information content (AvgIpc) is 2.75. The van der Waals surface area contributed by atoms with E-state index in [4.69, 9.17) is 39.5 Å². The molecule has 0 fully saturated rings. The number of hydrogen-bond acceptors (Lipinski definition) is 6. The molecule has 11 heteroatoms. The summed E-state index contributed by atoms with van der Waals surface area (Å²) < 4.78 is 5.39. The molecule has 3 aromatic rings. The van der Waals surface area contributed by atoms with Gasteiger partial charge in [0.2, 0.25) is 0 Å². The Bertz CT molecular complexity index is 1230. The first-order valence-corrected chi connectivity index (χ1v) is 9.92. The van der Waals surface area contributed by atoms with Crippen molar-refractivity contribution in [1.82, 2.24) is 5.43 Å². The van der Waals surface area contributed by atoms with Gasteiger partial charge in [-0.2, -0.15) is 5.10 Å². The van der Waals surface area contributed by atoms with Crippen LogP contribution in [0.25, 0.3) is 0 Å². The molecule has 0 aliphatic rings. The van der Waals surface area contributed by atoms with Crippen molar-refractivity contribution in [2.24, 2.45) is 5.10 Å². The Kier molecular flexibility index (Phi) is 7.42. The molecule has 1 N–H and O–H groups in total. The predicted molar refractivity (Wildman–Crippen MR) is 121 cm³/mol. The van der Waals surface area contributed by atoms with Crippen LogP contribution in [0, 0.1) is 10.1 Å². The number of nitrogens with zero attached hydrogens (tertiary/aromatic N) is 2. The number of hydrogen-bond donors (Lipinski definition) is 1. The van der Waals surface area contributed by atoms with Crippen molar-refractivity contribution in [3.05, 3.63) is 103 Å². The number of nitro groups is 1. The van der Waals surface area contributed by atoms with Crippen molar-refractivity contribution in [3.63, 3.8) is 0 Å². The first kappa shape index (κ1) is 23.2. The van der Waals surface area contributed by atoms with Gasteiger partial charge >= 0.3 is 5.97 Å². The number of carbonyl (C=O) groups is 2. The average molecular weight is 493 g/mol. The molecular weight excluding hydrogens is 481 g/mol. The highest BCUT2D eigenvalue weighted by molar-refractivity contribution is 6.36. The summed E-state index contributed by atoms with van der Waals surface area (Å²) in [4.78, 5) is 34.8. The van der Waals surface area contributed by atoms with E-state index >= 15 is 0 Å². The van der Waals surface area contributed by atoms with Crippen molar-refractivity contribution in [3.8, 4) is 5.75 Å². The van der Waals surface area contributed by atoms with Gasteiger partial charge in [0, 0.05) is 33.3 Å². The number of nitrogens with one attached hydrogen (secondary N) is 1. The number of amides is 1. The van der Waals surface area contributed by atoms with E-state index in [0.717, 1.165) is 0 Å². The van der Waals surface area contributed by atoms with Crippen LogP contribution in [0.2, 0.25) is 15.1 Å². The topological polar surface area (TPSA) is 111 Å². The fourth-order valence-corrected chi connectivity index (χ4v) is 3.15. The van der Waals surface area contributed by atoms with E-state index in [2.05, 4.69) is 10.5 Å². The molecule has 1 amide bonds. The third-order valence-corrected chi connectivity index (χ3v) is 4.82. The Morgan fingerprint density at radius 1 is 0.969 bits per heavy atom. The summed E-state index contributed by atoms with van der Waals surface area (Å²) in [6.07, 6.45) is 1.24. The highest BCUT2D eigenvalue weighted by Crippen LogP contribution is 2.25. The Labute approximate surface area is 196 Å². The molecular formula is C21H12Cl3N3O5. The fourth-order valence-electron chi connectivity index (χ4n) is 2.48. The second-order valence-corrected chi connectivity index (χ2v) is 7.48. The maximum Gasteiger partial charge on any atom is 0.345 e. The van der Waals surface area contributed by atoms with Gasteiger partial charge in [0.15, 0.2) is 0 Å². The van der Waals surface area contributed by atoms with E-state index < -0.39 is 16.8 Å². The number of nitro benzene ring substituents is 1. The van der Waals surface area contributed by atoms with E-state index in [1.54, 1.807) is 0 Å². The van der Waals surface area contributed by atoms with Crippen LogP contribution in [0.4, 0.5) is 5.69 Å². The summed E-state index contributed by atoms with van der Waals surface area (Å²) >= 11 is 17.9. The van der Waals surface area contributed by atoms with Gasteiger partial charge in [0.05, 0.1) is 21.7 Å². The molecule has 8 nitrogen and oxygen atoms in total. The molecule has 0 unspecified atom stereocenters. The number of esters is 1. The smallest absolute Gasteiger partial charge is 0.345 e. The standard InChI is InChI=1S/C21H12Cl3N3O5/c22-14-4-8-19(32-21(29)17-7-3-15(23)10-18(17)24)13(9-14)11-25-26-20(28)12-1-5-16(6-2-12)27(30)31/h1-11H,(H,26,28)/b25-11+. The van der Waals surface area contributed by atoms with E-state index in [9.17, 15) is 19.7 Å². The van der Waals surface area contributed by atoms with Crippen molar-refractivity contribution in [1.29, 1.82) is 0 Å². The van der Waals surface area contributed by atoms with Gasteiger partial charge in [-0.3, -0.25) is 14.9 Å². The van der Waals surface area contributed by atoms with E-state index in [0.29, 0.717) is 15.6 Å². The van der Waals surface area contributed by atoms with Crippen molar-refractivity contribution in [2.45, 2.75) is 0 Å². The third-order valence-electron chi connectivity index (χ3n) is 4.04. The van der Waals surface area contributed by atoms with Gasteiger partial charge < -0.3 is 4.74 Å². The van der Waals surface area contributed by atoms with E-state index in [1.807, 2.05) is 0 Å². The number of carbonyl (C=O) groups excluding carboxylic acids is 2. The second kappa shape index (κ2) is 10.2. The van der Waals surface area contributed by atoms with Gasteiger partial charge in [-0.15, -0.1) is 0 Å². The number of rotatable bonds is 6. The molecule has 0 aliphatic heterocycles. The van der Waals surface area contributed by atoms with Crippen LogP contribution in [0.1, 0.15) is 26.3 Å². The summed E-state index contributed by atoms with van der Waals surface area (Å²) in [7, 11) is 0. The molecule has 0 atom stereocenters. The summed E-state index contributed by atoms with van der Waals surface area (Å²) in [5.74, 6) is -1.19. The van der Waals surface area contributed by atoms with Gasteiger partial charge in [-0.05, 0) is 48.5 Å². The minimum atomic E-state index is -0.724. The molecule has 0 bridgehead atoms. The number of non-ortho nitro benzene ring substituents is 1. The van der Waals surface area contributed by atoms with Crippen molar-refractivity contribution in [2.75, 3.05) is 0 Å². The lowest BCUT2D eigenvalue weighted by molar-refractivity contribution is -0.384. The molecule has 3 aromatic carbocycles. The second-order valence-electron chi connectivity index (χ2n) is 6.20. The van der Waals surface area contributed by atoms with Crippen molar-refractivity contribution >= 4 is 58.6 Å². The van der Waals surface area contributed by atoms with E-state index in [1.165, 1.54) is 66.9 Å². The maximum atomic E-state index is 12.5. The number of halogens is 3. The predicted octanol–water partition coefficient (Wildman–Crippen LogP) is 5.54. The first-order valence-electron chi connectivity index (χ1n) is 8.79. The third kappa shape index (κ3) is 5.82. The zero-order valence-corrected chi connectivity index (χ0v) is 18.2. The number of hydrazone groups is 1. The minimum Gasteiger partial charge on any atom is -0.422 e. The molecule has 162 valence electrons. The monoisotopic (exact) mass is 491 g/mol. The molecule has 0 aliphatic carbocycles. The van der Waals surface area contributed by atoms with Crippen LogP contribution in [0.5, 0.6) is 5.75 Å². The largest absolute Gasteiger partial charge is 0.422 e. The Morgan fingerprint density at radius 3 is 2.28 bits per heavy atom. The van der Waals surface area contributed by atoms with Crippen LogP contribution in [0.15, 0.2) is 65.8 Å². The van der Waals surface area contributed by atoms with Gasteiger partial charge in [-0.1, -0.05) is 34.8 Å².